The molecule has 5 nitrogen and oxygen atoms in total. The number of hydrogen-bond acceptors (Lipinski definition) is 5. The first-order valence-electron chi connectivity index (χ1n) is 8.66. The summed E-state index contributed by atoms with van der Waals surface area (Å²) in [6.07, 6.45) is 1.67. The van der Waals surface area contributed by atoms with E-state index in [9.17, 15) is 15.2 Å². The number of ketones is 1. The van der Waals surface area contributed by atoms with Gasteiger partial charge in [-0.05, 0) is 42.8 Å². The maximum Gasteiger partial charge on any atom is 0.205 e. The number of carbonyl (C=O) groups is 1. The molecule has 1 aliphatic rings. The first-order chi connectivity index (χ1) is 13.6. The first kappa shape index (κ1) is 16.6. The molecule has 28 heavy (non-hydrogen) atoms. The summed E-state index contributed by atoms with van der Waals surface area (Å²) in [4.78, 5) is 18.7. The number of aromatic nitrogens is 2. The van der Waals surface area contributed by atoms with Crippen LogP contribution in [0.4, 0.5) is 0 Å². The number of benzene rings is 2. The SMILES string of the molecule is Cc1c(/C=C2\Sc3ccccc3C2=O)c(O)n2c(nc3ccccc32)c1C#N. The molecule has 0 spiro atoms. The lowest BCUT2D eigenvalue weighted by Crippen LogP contribution is -2.00. The van der Waals surface area contributed by atoms with Crippen LogP contribution in [-0.2, 0) is 0 Å². The Hall–Kier alpha value is -3.56. The van der Waals surface area contributed by atoms with Crippen molar-refractivity contribution in [2.24, 2.45) is 0 Å². The summed E-state index contributed by atoms with van der Waals surface area (Å²) in [6, 6.07) is 17.0. The number of para-hydroxylation sites is 2. The van der Waals surface area contributed by atoms with Gasteiger partial charge in [-0.2, -0.15) is 5.26 Å². The number of carbonyl (C=O) groups excluding carboxylic acids is 1. The normalized spacial score (nSPS) is 14.7. The van der Waals surface area contributed by atoms with Crippen molar-refractivity contribution in [3.8, 4) is 11.9 Å². The number of allylic oxidation sites excluding steroid dienone is 1. The summed E-state index contributed by atoms with van der Waals surface area (Å²) in [5.74, 6) is -0.106. The molecule has 1 aliphatic heterocycles. The van der Waals surface area contributed by atoms with Crippen LogP contribution in [0.1, 0.15) is 27.0 Å². The Labute approximate surface area is 164 Å². The molecule has 1 N–H and O–H groups in total. The van der Waals surface area contributed by atoms with Crippen molar-refractivity contribution in [1.82, 2.24) is 9.38 Å². The molecule has 2 aromatic carbocycles. The van der Waals surface area contributed by atoms with Gasteiger partial charge >= 0.3 is 0 Å². The van der Waals surface area contributed by atoms with Gasteiger partial charge in [-0.1, -0.05) is 36.0 Å². The number of thioether (sulfide) groups is 1. The Balaban J connectivity index is 1.81. The fourth-order valence-corrected chi connectivity index (χ4v) is 4.61. The fourth-order valence-electron chi connectivity index (χ4n) is 3.57. The molecule has 4 aromatic rings. The van der Waals surface area contributed by atoms with Gasteiger partial charge in [-0.15, -0.1) is 0 Å². The molecular weight excluding hydrogens is 370 g/mol. The highest BCUT2D eigenvalue weighted by Crippen LogP contribution is 2.42. The number of pyridine rings is 1. The van der Waals surface area contributed by atoms with Crippen LogP contribution in [0, 0.1) is 18.3 Å². The van der Waals surface area contributed by atoms with E-state index in [1.165, 1.54) is 11.8 Å². The lowest BCUT2D eigenvalue weighted by molar-refractivity contribution is 0.104. The zero-order chi connectivity index (χ0) is 19.4. The van der Waals surface area contributed by atoms with Crippen molar-refractivity contribution in [1.29, 1.82) is 5.26 Å². The molecular formula is C22H13N3O2S. The van der Waals surface area contributed by atoms with Gasteiger partial charge in [0.15, 0.2) is 5.65 Å². The second-order valence-corrected chi connectivity index (χ2v) is 7.63. The molecule has 0 atom stereocenters. The van der Waals surface area contributed by atoms with E-state index in [4.69, 9.17) is 0 Å². The summed E-state index contributed by atoms with van der Waals surface area (Å²) in [6.45, 7) is 1.77. The van der Waals surface area contributed by atoms with E-state index in [0.717, 1.165) is 4.90 Å². The molecule has 0 aliphatic carbocycles. The monoisotopic (exact) mass is 383 g/mol. The number of Topliss-reactive ketones (excluding diaryl/α,β-unsaturated/α-hetero) is 1. The number of fused-ring (bicyclic) bond motifs is 4. The van der Waals surface area contributed by atoms with Crippen LogP contribution in [0.25, 0.3) is 22.8 Å². The van der Waals surface area contributed by atoms with E-state index in [1.54, 1.807) is 23.5 Å². The van der Waals surface area contributed by atoms with Crippen molar-refractivity contribution in [3.63, 3.8) is 0 Å². The Morgan fingerprint density at radius 2 is 1.93 bits per heavy atom. The Morgan fingerprint density at radius 1 is 1.18 bits per heavy atom. The largest absolute Gasteiger partial charge is 0.494 e. The average molecular weight is 383 g/mol. The van der Waals surface area contributed by atoms with Crippen LogP contribution in [-0.4, -0.2) is 20.3 Å². The minimum atomic E-state index is -0.0755. The lowest BCUT2D eigenvalue weighted by atomic mass is 10.0. The second-order valence-electron chi connectivity index (χ2n) is 6.54. The van der Waals surface area contributed by atoms with Gasteiger partial charge in [0.25, 0.3) is 0 Å². The summed E-state index contributed by atoms with van der Waals surface area (Å²) < 4.78 is 1.57. The van der Waals surface area contributed by atoms with E-state index < -0.39 is 0 Å². The molecule has 6 heteroatoms. The molecule has 3 heterocycles. The zero-order valence-electron chi connectivity index (χ0n) is 14.8. The smallest absolute Gasteiger partial charge is 0.205 e. The third-order valence-electron chi connectivity index (χ3n) is 4.98. The Kier molecular flexibility index (Phi) is 3.54. The van der Waals surface area contributed by atoms with Gasteiger partial charge in [-0.3, -0.25) is 9.20 Å². The fraction of sp³-hybridized carbons (Fsp3) is 0.0455. The maximum atomic E-state index is 12.7. The first-order valence-corrected chi connectivity index (χ1v) is 9.48. The molecule has 0 radical (unpaired) electrons. The van der Waals surface area contributed by atoms with Crippen molar-refractivity contribution in [2.75, 3.05) is 0 Å². The molecule has 0 fully saturated rings. The van der Waals surface area contributed by atoms with E-state index in [0.29, 0.717) is 43.8 Å². The number of aromatic hydroxyl groups is 1. The van der Waals surface area contributed by atoms with Crippen molar-refractivity contribution >= 4 is 40.3 Å². The van der Waals surface area contributed by atoms with E-state index in [-0.39, 0.29) is 11.7 Å². The summed E-state index contributed by atoms with van der Waals surface area (Å²) in [7, 11) is 0. The molecule has 134 valence electrons. The van der Waals surface area contributed by atoms with Gasteiger partial charge in [0.1, 0.15) is 6.07 Å². The van der Waals surface area contributed by atoms with Crippen LogP contribution in [0.3, 0.4) is 0 Å². The van der Waals surface area contributed by atoms with Gasteiger partial charge in [0.05, 0.1) is 21.5 Å². The number of rotatable bonds is 1. The number of nitriles is 1. The van der Waals surface area contributed by atoms with E-state index in [2.05, 4.69) is 11.1 Å². The molecule has 2 aromatic heterocycles. The van der Waals surface area contributed by atoms with Crippen molar-refractivity contribution in [2.45, 2.75) is 11.8 Å². The van der Waals surface area contributed by atoms with Crippen LogP contribution >= 0.6 is 11.8 Å². The van der Waals surface area contributed by atoms with Crippen LogP contribution in [0.5, 0.6) is 5.88 Å². The minimum absolute atomic E-state index is 0.0305. The van der Waals surface area contributed by atoms with Crippen molar-refractivity contribution in [3.05, 3.63) is 75.7 Å². The Bertz CT molecular complexity index is 1390. The zero-order valence-corrected chi connectivity index (χ0v) is 15.6. The third-order valence-corrected chi connectivity index (χ3v) is 6.08. The van der Waals surface area contributed by atoms with Crippen molar-refractivity contribution < 1.29 is 9.90 Å². The molecule has 0 saturated heterocycles. The van der Waals surface area contributed by atoms with Crippen LogP contribution < -0.4 is 0 Å². The Morgan fingerprint density at radius 3 is 2.71 bits per heavy atom. The maximum absolute atomic E-state index is 12.7. The number of hydrogen-bond donors (Lipinski definition) is 1. The predicted molar refractivity (Wildman–Crippen MR) is 108 cm³/mol. The molecule has 5 rings (SSSR count). The molecule has 0 bridgehead atoms. The van der Waals surface area contributed by atoms with Gasteiger partial charge < -0.3 is 5.11 Å². The standard InChI is InChI=1S/C22H13N3O2S/c1-12-14(10-19-20(26)13-6-2-5-9-18(13)28-19)22(27)25-17-8-4-3-7-16(17)24-21(25)15(12)11-23/h2-10,27H,1H3/b19-10-. The van der Waals surface area contributed by atoms with Crippen LogP contribution in [0.15, 0.2) is 58.3 Å². The summed E-state index contributed by atoms with van der Waals surface area (Å²) >= 11 is 1.37. The van der Waals surface area contributed by atoms with Crippen LogP contribution in [0.2, 0.25) is 0 Å². The third kappa shape index (κ3) is 2.20. The molecule has 0 saturated carbocycles. The average Bonchev–Trinajstić information content (AvgIpc) is 3.24. The highest BCUT2D eigenvalue weighted by molar-refractivity contribution is 8.04. The summed E-state index contributed by atoms with van der Waals surface area (Å²) in [5, 5.41) is 20.8. The lowest BCUT2D eigenvalue weighted by Gasteiger charge is -2.10. The highest BCUT2D eigenvalue weighted by Gasteiger charge is 2.27. The molecule has 0 unspecified atom stereocenters. The number of nitrogens with zero attached hydrogens (tertiary/aromatic N) is 3. The van der Waals surface area contributed by atoms with E-state index in [1.807, 2.05) is 42.5 Å². The quantitative estimate of drug-likeness (QED) is 0.482. The predicted octanol–water partition coefficient (Wildman–Crippen LogP) is 4.70. The topological polar surface area (TPSA) is 78.4 Å². The summed E-state index contributed by atoms with van der Waals surface area (Å²) in [5.41, 5.74) is 3.90. The second kappa shape index (κ2) is 5.98. The number of imidazole rings is 1. The van der Waals surface area contributed by atoms with E-state index >= 15 is 0 Å². The van der Waals surface area contributed by atoms with Gasteiger partial charge in [0, 0.05) is 16.0 Å². The minimum Gasteiger partial charge on any atom is -0.494 e. The highest BCUT2D eigenvalue weighted by atomic mass is 32.2. The van der Waals surface area contributed by atoms with Gasteiger partial charge in [-0.25, -0.2) is 4.98 Å². The van der Waals surface area contributed by atoms with Gasteiger partial charge in [0.2, 0.25) is 11.7 Å². The molecule has 0 amide bonds.